The summed E-state index contributed by atoms with van der Waals surface area (Å²) in [5.74, 6) is -0.176. The number of amides is 1. The summed E-state index contributed by atoms with van der Waals surface area (Å²) in [7, 11) is 0. The second kappa shape index (κ2) is 4.64. The van der Waals surface area contributed by atoms with Crippen LogP contribution in [0.2, 0.25) is 0 Å². The lowest BCUT2D eigenvalue weighted by Crippen LogP contribution is -2.34. The number of benzene rings is 1. The fraction of sp³-hybridized carbons (Fsp3) is 0.417. The minimum atomic E-state index is -4.30. The number of hydrogen-bond acceptors (Lipinski definition) is 3. The Balaban J connectivity index is 2.34. The molecule has 0 radical (unpaired) electrons. The van der Waals surface area contributed by atoms with E-state index in [1.165, 1.54) is 6.07 Å². The van der Waals surface area contributed by atoms with E-state index in [2.05, 4.69) is 5.32 Å². The molecule has 0 saturated heterocycles. The van der Waals surface area contributed by atoms with E-state index in [4.69, 9.17) is 5.73 Å². The van der Waals surface area contributed by atoms with Gasteiger partial charge in [-0.2, -0.15) is 13.2 Å². The monoisotopic (exact) mass is 273 g/mol. The van der Waals surface area contributed by atoms with Gasteiger partial charge in [0.2, 0.25) is 5.91 Å². The molecule has 0 atom stereocenters. The van der Waals surface area contributed by atoms with Crippen LogP contribution in [0.5, 0.6) is 0 Å². The number of fused-ring (bicyclic) bond motifs is 1. The van der Waals surface area contributed by atoms with E-state index in [1.54, 1.807) is 13.0 Å². The maximum atomic E-state index is 12.5. The first kappa shape index (κ1) is 13.5. The molecule has 19 heavy (non-hydrogen) atoms. The number of carbonyl (C=O) groups excluding carboxylic acids is 1. The van der Waals surface area contributed by atoms with Gasteiger partial charge >= 0.3 is 6.18 Å². The average molecular weight is 273 g/mol. The molecule has 4 nitrogen and oxygen atoms in total. The van der Waals surface area contributed by atoms with E-state index in [9.17, 15) is 18.0 Å². The first-order valence-corrected chi connectivity index (χ1v) is 5.84. The van der Waals surface area contributed by atoms with Crippen molar-refractivity contribution in [2.75, 3.05) is 29.0 Å². The zero-order chi connectivity index (χ0) is 14.2. The van der Waals surface area contributed by atoms with E-state index in [0.717, 1.165) is 4.90 Å². The molecule has 0 aliphatic carbocycles. The lowest BCUT2D eigenvalue weighted by atomic mass is 10.1. The van der Waals surface area contributed by atoms with Crippen LogP contribution in [-0.2, 0) is 11.2 Å². The molecule has 1 amide bonds. The maximum absolute atomic E-state index is 12.5. The topological polar surface area (TPSA) is 58.4 Å². The molecule has 1 aliphatic rings. The lowest BCUT2D eigenvalue weighted by molar-refractivity contribution is -0.119. The van der Waals surface area contributed by atoms with Crippen molar-refractivity contribution in [3.63, 3.8) is 0 Å². The van der Waals surface area contributed by atoms with Gasteiger partial charge in [-0.1, -0.05) is 0 Å². The third kappa shape index (κ3) is 2.91. The largest absolute Gasteiger partial charge is 0.405 e. The Labute approximate surface area is 108 Å². The molecular formula is C12H14F3N3O. The summed E-state index contributed by atoms with van der Waals surface area (Å²) in [6.45, 7) is 0.730. The van der Waals surface area contributed by atoms with Crippen LogP contribution in [0.25, 0.3) is 0 Å². The average Bonchev–Trinajstić information content (AvgIpc) is 2.63. The SMILES string of the molecule is CCN(CC(F)(F)F)c1cc2c(cc1N)CC(=O)N2. The summed E-state index contributed by atoms with van der Waals surface area (Å²) >= 11 is 0. The standard InChI is InChI=1S/C12H14F3N3O/c1-2-18(6-12(13,14)15)10-5-9-7(3-8(10)16)4-11(19)17-9/h3,5H,2,4,6,16H2,1H3,(H,17,19). The van der Waals surface area contributed by atoms with Crippen LogP contribution in [-0.4, -0.2) is 25.2 Å². The van der Waals surface area contributed by atoms with E-state index in [-0.39, 0.29) is 24.6 Å². The Morgan fingerprint density at radius 2 is 2.11 bits per heavy atom. The molecule has 0 aromatic heterocycles. The van der Waals surface area contributed by atoms with E-state index < -0.39 is 12.7 Å². The number of nitrogen functional groups attached to an aromatic ring is 1. The minimum absolute atomic E-state index is 0.176. The fourth-order valence-corrected chi connectivity index (χ4v) is 2.14. The first-order valence-electron chi connectivity index (χ1n) is 5.84. The zero-order valence-electron chi connectivity index (χ0n) is 10.3. The molecule has 3 N–H and O–H groups in total. The third-order valence-corrected chi connectivity index (χ3v) is 2.97. The molecule has 0 unspecified atom stereocenters. The second-order valence-corrected chi connectivity index (χ2v) is 4.42. The van der Waals surface area contributed by atoms with Crippen molar-refractivity contribution < 1.29 is 18.0 Å². The van der Waals surface area contributed by atoms with E-state index >= 15 is 0 Å². The highest BCUT2D eigenvalue weighted by Gasteiger charge is 2.31. The van der Waals surface area contributed by atoms with E-state index in [1.807, 2.05) is 0 Å². The number of rotatable bonds is 3. The van der Waals surface area contributed by atoms with Crippen molar-refractivity contribution in [2.45, 2.75) is 19.5 Å². The smallest absolute Gasteiger partial charge is 0.397 e. The predicted octanol–water partition coefficient (Wildman–Crippen LogP) is 2.15. The number of alkyl halides is 3. The normalized spacial score (nSPS) is 14.2. The third-order valence-electron chi connectivity index (χ3n) is 2.97. The van der Waals surface area contributed by atoms with Gasteiger partial charge in [-0.3, -0.25) is 4.79 Å². The number of nitrogens with zero attached hydrogens (tertiary/aromatic N) is 1. The highest BCUT2D eigenvalue weighted by molar-refractivity contribution is 6.00. The van der Waals surface area contributed by atoms with Crippen molar-refractivity contribution in [1.29, 1.82) is 0 Å². The molecule has 0 saturated carbocycles. The Morgan fingerprint density at radius 3 is 2.68 bits per heavy atom. The van der Waals surface area contributed by atoms with Gasteiger partial charge in [0.15, 0.2) is 0 Å². The number of nitrogens with two attached hydrogens (primary N) is 1. The Kier molecular flexibility index (Phi) is 3.30. The van der Waals surface area contributed by atoms with Crippen LogP contribution in [0.3, 0.4) is 0 Å². The Morgan fingerprint density at radius 1 is 1.42 bits per heavy atom. The van der Waals surface area contributed by atoms with Crippen molar-refractivity contribution in [1.82, 2.24) is 0 Å². The summed E-state index contributed by atoms with van der Waals surface area (Å²) in [5, 5.41) is 2.60. The van der Waals surface area contributed by atoms with Gasteiger partial charge in [-0.15, -0.1) is 0 Å². The lowest BCUT2D eigenvalue weighted by Gasteiger charge is -2.26. The van der Waals surface area contributed by atoms with Gasteiger partial charge < -0.3 is 16.0 Å². The number of carbonyl (C=O) groups is 1. The molecule has 1 aromatic carbocycles. The van der Waals surface area contributed by atoms with Gasteiger partial charge in [0, 0.05) is 12.2 Å². The van der Waals surface area contributed by atoms with E-state index in [0.29, 0.717) is 16.9 Å². The molecule has 0 fully saturated rings. The quantitative estimate of drug-likeness (QED) is 0.830. The van der Waals surface area contributed by atoms with Crippen molar-refractivity contribution in [3.05, 3.63) is 17.7 Å². The minimum Gasteiger partial charge on any atom is -0.397 e. The van der Waals surface area contributed by atoms with Crippen molar-refractivity contribution >= 4 is 23.0 Å². The fourth-order valence-electron chi connectivity index (χ4n) is 2.14. The van der Waals surface area contributed by atoms with Crippen LogP contribution >= 0.6 is 0 Å². The van der Waals surface area contributed by atoms with Crippen LogP contribution < -0.4 is 16.0 Å². The molecule has 1 aliphatic heterocycles. The Hall–Kier alpha value is -1.92. The molecule has 7 heteroatoms. The highest BCUT2D eigenvalue weighted by atomic mass is 19.4. The molecule has 1 aromatic rings. The van der Waals surface area contributed by atoms with Gasteiger partial charge in [-0.25, -0.2) is 0 Å². The summed E-state index contributed by atoms with van der Waals surface area (Å²) < 4.78 is 37.5. The number of anilines is 3. The summed E-state index contributed by atoms with van der Waals surface area (Å²) in [6, 6.07) is 3.06. The molecule has 0 spiro atoms. The highest BCUT2D eigenvalue weighted by Crippen LogP contribution is 2.34. The van der Waals surface area contributed by atoms with Crippen LogP contribution in [0.1, 0.15) is 12.5 Å². The van der Waals surface area contributed by atoms with Crippen LogP contribution in [0, 0.1) is 0 Å². The summed E-state index contributed by atoms with van der Waals surface area (Å²) in [4.78, 5) is 12.4. The Bertz CT molecular complexity index is 514. The van der Waals surface area contributed by atoms with Crippen molar-refractivity contribution in [3.8, 4) is 0 Å². The molecule has 104 valence electrons. The second-order valence-electron chi connectivity index (χ2n) is 4.42. The molecule has 0 bridgehead atoms. The van der Waals surface area contributed by atoms with Gasteiger partial charge in [0.05, 0.1) is 17.8 Å². The van der Waals surface area contributed by atoms with Crippen molar-refractivity contribution in [2.24, 2.45) is 0 Å². The number of hydrogen-bond donors (Lipinski definition) is 2. The first-order chi connectivity index (χ1) is 8.80. The molecular weight excluding hydrogens is 259 g/mol. The molecule has 1 heterocycles. The predicted molar refractivity (Wildman–Crippen MR) is 67.1 cm³/mol. The zero-order valence-corrected chi connectivity index (χ0v) is 10.3. The van der Waals surface area contributed by atoms with Gasteiger partial charge in [0.1, 0.15) is 6.54 Å². The van der Waals surface area contributed by atoms with Crippen LogP contribution in [0.15, 0.2) is 12.1 Å². The van der Waals surface area contributed by atoms with Crippen LogP contribution in [0.4, 0.5) is 30.2 Å². The number of nitrogens with one attached hydrogen (secondary N) is 1. The summed E-state index contributed by atoms with van der Waals surface area (Å²) in [5.41, 5.74) is 7.58. The van der Waals surface area contributed by atoms with Gasteiger partial charge in [-0.05, 0) is 24.6 Å². The maximum Gasteiger partial charge on any atom is 0.405 e. The number of halogens is 3. The summed E-state index contributed by atoms with van der Waals surface area (Å²) in [6.07, 6.45) is -4.09. The van der Waals surface area contributed by atoms with Gasteiger partial charge in [0.25, 0.3) is 0 Å². The molecule has 2 rings (SSSR count).